The van der Waals surface area contributed by atoms with Crippen LogP contribution in [-0.4, -0.2) is 29.3 Å². The fraction of sp³-hybridized carbons (Fsp3) is 0.238. The third-order valence-corrected chi connectivity index (χ3v) is 3.95. The summed E-state index contributed by atoms with van der Waals surface area (Å²) >= 11 is 0. The van der Waals surface area contributed by atoms with Crippen LogP contribution in [0.4, 0.5) is 23.1 Å². The Balaban J connectivity index is 1.44. The Morgan fingerprint density at radius 2 is 1.64 bits per heavy atom. The lowest BCUT2D eigenvalue weighted by Crippen LogP contribution is -2.15. The molecule has 0 spiro atoms. The Hall–Kier alpha value is -3.48. The van der Waals surface area contributed by atoms with E-state index in [9.17, 15) is 0 Å². The summed E-state index contributed by atoms with van der Waals surface area (Å²) in [7, 11) is 0. The van der Waals surface area contributed by atoms with E-state index in [1.807, 2.05) is 62.4 Å². The molecule has 1 aliphatic heterocycles. The van der Waals surface area contributed by atoms with Gasteiger partial charge in [0, 0.05) is 23.6 Å². The molecule has 1 aliphatic rings. The van der Waals surface area contributed by atoms with Gasteiger partial charge in [-0.25, -0.2) is 4.98 Å². The molecule has 0 saturated carbocycles. The highest BCUT2D eigenvalue weighted by Crippen LogP contribution is 2.33. The standard InChI is InChI=1S/C21H22N4O3/c1-14(2)28-17-6-3-15(4-7-17)23-20-9-10-22-21(25-20)24-16-5-8-18-19(13-16)27-12-11-26-18/h3-10,13-14H,11-12H2,1-2H3,(H2,22,23,24,25). The van der Waals surface area contributed by atoms with Gasteiger partial charge < -0.3 is 24.8 Å². The zero-order chi connectivity index (χ0) is 19.3. The maximum absolute atomic E-state index is 5.66. The SMILES string of the molecule is CC(C)Oc1ccc(Nc2ccnc(Nc3ccc4c(c3)OCCO4)n2)cc1. The van der Waals surface area contributed by atoms with Crippen molar-refractivity contribution >= 4 is 23.1 Å². The molecule has 28 heavy (non-hydrogen) atoms. The zero-order valence-electron chi connectivity index (χ0n) is 15.8. The molecule has 2 aromatic carbocycles. The van der Waals surface area contributed by atoms with E-state index >= 15 is 0 Å². The van der Waals surface area contributed by atoms with Crippen molar-refractivity contribution in [3.05, 3.63) is 54.7 Å². The van der Waals surface area contributed by atoms with Crippen molar-refractivity contribution in [2.24, 2.45) is 0 Å². The monoisotopic (exact) mass is 378 g/mol. The summed E-state index contributed by atoms with van der Waals surface area (Å²) in [5.74, 6) is 3.48. The second kappa shape index (κ2) is 8.04. The molecule has 0 aliphatic carbocycles. The zero-order valence-corrected chi connectivity index (χ0v) is 15.8. The van der Waals surface area contributed by atoms with Crippen molar-refractivity contribution in [1.82, 2.24) is 9.97 Å². The molecule has 2 heterocycles. The Labute approximate surface area is 163 Å². The summed E-state index contributed by atoms with van der Waals surface area (Å²) in [6, 6.07) is 15.2. The van der Waals surface area contributed by atoms with E-state index < -0.39 is 0 Å². The van der Waals surface area contributed by atoms with Gasteiger partial charge in [-0.3, -0.25) is 0 Å². The predicted octanol–water partition coefficient (Wildman–Crippen LogP) is 4.52. The summed E-state index contributed by atoms with van der Waals surface area (Å²) in [4.78, 5) is 8.79. The number of nitrogens with one attached hydrogen (secondary N) is 2. The molecule has 0 atom stereocenters. The topological polar surface area (TPSA) is 77.5 Å². The first-order valence-electron chi connectivity index (χ1n) is 9.19. The number of hydrogen-bond acceptors (Lipinski definition) is 7. The number of anilines is 4. The number of nitrogens with zero attached hydrogens (tertiary/aromatic N) is 2. The highest BCUT2D eigenvalue weighted by molar-refractivity contribution is 5.62. The van der Waals surface area contributed by atoms with E-state index in [0.717, 1.165) is 22.9 Å². The maximum atomic E-state index is 5.66. The maximum Gasteiger partial charge on any atom is 0.229 e. The molecule has 1 aromatic heterocycles. The van der Waals surface area contributed by atoms with Crippen LogP contribution in [0, 0.1) is 0 Å². The molecule has 0 bridgehead atoms. The Kier molecular flexibility index (Phi) is 5.14. The average Bonchev–Trinajstić information content (AvgIpc) is 2.69. The first-order valence-corrected chi connectivity index (χ1v) is 9.19. The van der Waals surface area contributed by atoms with Gasteiger partial charge in [-0.2, -0.15) is 4.98 Å². The van der Waals surface area contributed by atoms with Gasteiger partial charge in [0.05, 0.1) is 6.10 Å². The smallest absolute Gasteiger partial charge is 0.229 e. The van der Waals surface area contributed by atoms with E-state index in [4.69, 9.17) is 14.2 Å². The quantitative estimate of drug-likeness (QED) is 0.653. The fourth-order valence-electron chi connectivity index (χ4n) is 2.78. The van der Waals surface area contributed by atoms with Gasteiger partial charge in [0.1, 0.15) is 24.8 Å². The number of rotatable bonds is 6. The molecule has 0 radical (unpaired) electrons. The largest absolute Gasteiger partial charge is 0.491 e. The molecule has 0 unspecified atom stereocenters. The molecule has 0 amide bonds. The molecule has 4 rings (SSSR count). The molecule has 7 heteroatoms. The predicted molar refractivity (Wildman–Crippen MR) is 108 cm³/mol. The van der Waals surface area contributed by atoms with E-state index in [0.29, 0.717) is 30.7 Å². The van der Waals surface area contributed by atoms with Crippen LogP contribution in [0.15, 0.2) is 54.7 Å². The van der Waals surface area contributed by atoms with Crippen molar-refractivity contribution in [3.8, 4) is 17.2 Å². The van der Waals surface area contributed by atoms with Crippen LogP contribution < -0.4 is 24.8 Å². The van der Waals surface area contributed by atoms with E-state index in [-0.39, 0.29) is 6.10 Å². The molecule has 2 N–H and O–H groups in total. The van der Waals surface area contributed by atoms with E-state index in [1.165, 1.54) is 0 Å². The summed E-state index contributed by atoms with van der Waals surface area (Å²) in [5.41, 5.74) is 1.75. The Bertz CT molecular complexity index is 945. The third kappa shape index (κ3) is 4.43. The number of hydrogen-bond donors (Lipinski definition) is 2. The summed E-state index contributed by atoms with van der Waals surface area (Å²) in [6.45, 7) is 5.13. The lowest BCUT2D eigenvalue weighted by Gasteiger charge is -2.19. The van der Waals surface area contributed by atoms with Gasteiger partial charge in [0.15, 0.2) is 11.5 Å². The van der Waals surface area contributed by atoms with Crippen molar-refractivity contribution in [1.29, 1.82) is 0 Å². The van der Waals surface area contributed by atoms with Crippen LogP contribution in [-0.2, 0) is 0 Å². The molecule has 7 nitrogen and oxygen atoms in total. The summed E-state index contributed by atoms with van der Waals surface area (Å²) in [5, 5.41) is 6.46. The van der Waals surface area contributed by atoms with Crippen molar-refractivity contribution in [2.75, 3.05) is 23.8 Å². The van der Waals surface area contributed by atoms with Gasteiger partial charge >= 0.3 is 0 Å². The second-order valence-electron chi connectivity index (χ2n) is 6.56. The van der Waals surface area contributed by atoms with Crippen molar-refractivity contribution < 1.29 is 14.2 Å². The van der Waals surface area contributed by atoms with Crippen LogP contribution in [0.25, 0.3) is 0 Å². The number of benzene rings is 2. The van der Waals surface area contributed by atoms with Crippen LogP contribution in [0.2, 0.25) is 0 Å². The molecule has 0 fully saturated rings. The molecular formula is C21H22N4O3. The van der Waals surface area contributed by atoms with E-state index in [2.05, 4.69) is 20.6 Å². The normalized spacial score (nSPS) is 12.5. The first kappa shape index (κ1) is 17.9. The van der Waals surface area contributed by atoms with Crippen LogP contribution in [0.1, 0.15) is 13.8 Å². The van der Waals surface area contributed by atoms with Gasteiger partial charge in [0.25, 0.3) is 0 Å². The van der Waals surface area contributed by atoms with Gasteiger partial charge in [-0.1, -0.05) is 0 Å². The molecule has 144 valence electrons. The molecule has 3 aromatic rings. The Morgan fingerprint density at radius 3 is 2.43 bits per heavy atom. The van der Waals surface area contributed by atoms with E-state index in [1.54, 1.807) is 6.20 Å². The van der Waals surface area contributed by atoms with Gasteiger partial charge in [-0.05, 0) is 56.3 Å². The highest BCUT2D eigenvalue weighted by Gasteiger charge is 2.12. The van der Waals surface area contributed by atoms with Crippen molar-refractivity contribution in [3.63, 3.8) is 0 Å². The van der Waals surface area contributed by atoms with Crippen LogP contribution in [0.3, 0.4) is 0 Å². The minimum Gasteiger partial charge on any atom is -0.491 e. The number of ether oxygens (including phenoxy) is 3. The average molecular weight is 378 g/mol. The third-order valence-electron chi connectivity index (χ3n) is 3.95. The molecular weight excluding hydrogens is 356 g/mol. The van der Waals surface area contributed by atoms with Crippen LogP contribution in [0.5, 0.6) is 17.2 Å². The summed E-state index contributed by atoms with van der Waals surface area (Å²) < 4.78 is 16.8. The minimum absolute atomic E-state index is 0.148. The van der Waals surface area contributed by atoms with Gasteiger partial charge in [-0.15, -0.1) is 0 Å². The summed E-state index contributed by atoms with van der Waals surface area (Å²) in [6.07, 6.45) is 1.85. The van der Waals surface area contributed by atoms with Crippen molar-refractivity contribution in [2.45, 2.75) is 20.0 Å². The number of aromatic nitrogens is 2. The van der Waals surface area contributed by atoms with Gasteiger partial charge in [0.2, 0.25) is 5.95 Å². The first-order chi connectivity index (χ1) is 13.7. The minimum atomic E-state index is 0.148. The highest BCUT2D eigenvalue weighted by atomic mass is 16.6. The van der Waals surface area contributed by atoms with Crippen LogP contribution >= 0.6 is 0 Å². The lowest BCUT2D eigenvalue weighted by molar-refractivity contribution is 0.171. The molecule has 0 saturated heterocycles. The second-order valence-corrected chi connectivity index (χ2v) is 6.56. The number of fused-ring (bicyclic) bond motifs is 1. The lowest BCUT2D eigenvalue weighted by atomic mass is 10.2. The fourth-order valence-corrected chi connectivity index (χ4v) is 2.78. The Morgan fingerprint density at radius 1 is 0.893 bits per heavy atom.